The fraction of sp³-hybridized carbons (Fsp3) is 0.250. The number of amides is 1. The molecule has 1 atom stereocenters. The van der Waals surface area contributed by atoms with Gasteiger partial charge < -0.3 is 10.0 Å². The summed E-state index contributed by atoms with van der Waals surface area (Å²) in [5.41, 5.74) is 3.53. The lowest BCUT2D eigenvalue weighted by Gasteiger charge is -2.34. The van der Waals surface area contributed by atoms with E-state index in [1.54, 1.807) is 5.38 Å². The van der Waals surface area contributed by atoms with Crippen molar-refractivity contribution < 1.29 is 14.7 Å². The van der Waals surface area contributed by atoms with Gasteiger partial charge in [-0.1, -0.05) is 24.3 Å². The summed E-state index contributed by atoms with van der Waals surface area (Å²) in [4.78, 5) is 25.7. The third-order valence-electron chi connectivity index (χ3n) is 3.88. The van der Waals surface area contributed by atoms with Crippen molar-refractivity contribution in [2.24, 2.45) is 0 Å². The number of nitrogens with zero attached hydrogens (tertiary/aromatic N) is 1. The Labute approximate surface area is 126 Å². The summed E-state index contributed by atoms with van der Waals surface area (Å²) in [6.07, 6.45) is 0.362. The van der Waals surface area contributed by atoms with Crippen molar-refractivity contribution in [3.63, 3.8) is 0 Å². The lowest BCUT2D eigenvalue weighted by atomic mass is 9.93. The van der Waals surface area contributed by atoms with Crippen molar-refractivity contribution in [3.05, 3.63) is 57.3 Å². The number of aryl methyl sites for hydroxylation is 1. The molecule has 1 aromatic carbocycles. The zero-order valence-corrected chi connectivity index (χ0v) is 12.4. The molecule has 1 N–H and O–H groups in total. The van der Waals surface area contributed by atoms with Crippen LogP contribution in [0.2, 0.25) is 0 Å². The molecule has 0 saturated heterocycles. The molecule has 0 radical (unpaired) electrons. The predicted molar refractivity (Wildman–Crippen MR) is 80.5 cm³/mol. The smallest absolute Gasteiger partial charge is 0.326 e. The quantitative estimate of drug-likeness (QED) is 0.928. The lowest BCUT2D eigenvalue weighted by Crippen LogP contribution is -2.48. The normalized spacial score (nSPS) is 17.4. The molecule has 1 amide bonds. The van der Waals surface area contributed by atoms with E-state index in [4.69, 9.17) is 0 Å². The summed E-state index contributed by atoms with van der Waals surface area (Å²) >= 11 is 1.46. The molecule has 1 aliphatic rings. The van der Waals surface area contributed by atoms with Gasteiger partial charge in [0.15, 0.2) is 0 Å². The standard InChI is InChI=1S/C16H15NO3S/c1-10-8-21-9-13(10)15(18)17-7-12-5-3-2-4-11(12)6-14(17)16(19)20/h2-5,8-9,14H,6-7H2,1H3,(H,19,20)/t14-/m1/s1. The first-order valence-electron chi connectivity index (χ1n) is 6.71. The zero-order valence-electron chi connectivity index (χ0n) is 11.6. The summed E-state index contributed by atoms with van der Waals surface area (Å²) in [7, 11) is 0. The third kappa shape index (κ3) is 2.45. The van der Waals surface area contributed by atoms with Gasteiger partial charge in [-0.2, -0.15) is 11.3 Å². The van der Waals surface area contributed by atoms with Crippen LogP contribution in [0.15, 0.2) is 35.0 Å². The van der Waals surface area contributed by atoms with Crippen molar-refractivity contribution in [2.75, 3.05) is 0 Å². The van der Waals surface area contributed by atoms with Crippen LogP contribution in [0.4, 0.5) is 0 Å². The zero-order chi connectivity index (χ0) is 15.0. The minimum absolute atomic E-state index is 0.198. The SMILES string of the molecule is Cc1cscc1C(=O)N1Cc2ccccc2C[C@@H]1C(=O)O. The molecule has 21 heavy (non-hydrogen) atoms. The topological polar surface area (TPSA) is 57.6 Å². The van der Waals surface area contributed by atoms with E-state index in [9.17, 15) is 14.7 Å². The highest BCUT2D eigenvalue weighted by Gasteiger charge is 2.35. The van der Waals surface area contributed by atoms with Crippen LogP contribution >= 0.6 is 11.3 Å². The second-order valence-electron chi connectivity index (χ2n) is 5.23. The Balaban J connectivity index is 1.98. The first-order valence-corrected chi connectivity index (χ1v) is 7.65. The maximum absolute atomic E-state index is 12.7. The summed E-state index contributed by atoms with van der Waals surface area (Å²) in [5.74, 6) is -1.15. The first-order chi connectivity index (χ1) is 10.1. The molecule has 0 saturated carbocycles. The van der Waals surface area contributed by atoms with Gasteiger partial charge in [0, 0.05) is 18.3 Å². The van der Waals surface area contributed by atoms with E-state index in [1.807, 2.05) is 36.6 Å². The Morgan fingerprint density at radius 3 is 2.57 bits per heavy atom. The monoisotopic (exact) mass is 301 g/mol. The number of carboxylic acid groups (broad SMARTS) is 1. The second kappa shape index (κ2) is 5.33. The molecule has 1 aromatic heterocycles. The molecular formula is C16H15NO3S. The Kier molecular flexibility index (Phi) is 3.51. The number of hydrogen-bond donors (Lipinski definition) is 1. The number of aliphatic carboxylic acids is 1. The highest BCUT2D eigenvalue weighted by molar-refractivity contribution is 7.08. The lowest BCUT2D eigenvalue weighted by molar-refractivity contribution is -0.142. The molecule has 5 heteroatoms. The van der Waals surface area contributed by atoms with Gasteiger partial charge in [0.1, 0.15) is 6.04 Å². The number of rotatable bonds is 2. The first kappa shape index (κ1) is 13.8. The summed E-state index contributed by atoms with van der Waals surface area (Å²) < 4.78 is 0. The van der Waals surface area contributed by atoms with Gasteiger partial charge in [0.25, 0.3) is 5.91 Å². The molecule has 0 aliphatic carbocycles. The van der Waals surface area contributed by atoms with E-state index in [-0.39, 0.29) is 5.91 Å². The average Bonchev–Trinajstić information content (AvgIpc) is 2.91. The van der Waals surface area contributed by atoms with Crippen molar-refractivity contribution >= 4 is 23.2 Å². The third-order valence-corrected chi connectivity index (χ3v) is 4.74. The van der Waals surface area contributed by atoms with Gasteiger partial charge in [-0.05, 0) is 29.0 Å². The Hall–Kier alpha value is -2.14. The Bertz CT molecular complexity index is 707. The number of carboxylic acids is 1. The van der Waals surface area contributed by atoms with Crippen molar-refractivity contribution in [1.82, 2.24) is 4.90 Å². The van der Waals surface area contributed by atoms with Crippen LogP contribution in [-0.4, -0.2) is 27.9 Å². The van der Waals surface area contributed by atoms with Gasteiger partial charge in [-0.3, -0.25) is 4.79 Å². The maximum atomic E-state index is 12.7. The van der Waals surface area contributed by atoms with E-state index < -0.39 is 12.0 Å². The minimum atomic E-state index is -0.953. The van der Waals surface area contributed by atoms with E-state index in [0.29, 0.717) is 18.5 Å². The maximum Gasteiger partial charge on any atom is 0.326 e. The minimum Gasteiger partial charge on any atom is -0.480 e. The highest BCUT2D eigenvalue weighted by Crippen LogP contribution is 2.26. The van der Waals surface area contributed by atoms with Crippen molar-refractivity contribution in [2.45, 2.75) is 25.9 Å². The van der Waals surface area contributed by atoms with Gasteiger partial charge >= 0.3 is 5.97 Å². The molecule has 0 fully saturated rings. The molecule has 108 valence electrons. The average molecular weight is 301 g/mol. The molecular weight excluding hydrogens is 286 g/mol. The number of carbonyl (C=O) groups is 2. The van der Waals surface area contributed by atoms with Gasteiger partial charge in [0.2, 0.25) is 0 Å². The highest BCUT2D eigenvalue weighted by atomic mass is 32.1. The number of fused-ring (bicyclic) bond motifs is 1. The Morgan fingerprint density at radius 1 is 1.24 bits per heavy atom. The molecule has 4 nitrogen and oxygen atoms in total. The molecule has 2 heterocycles. The number of benzene rings is 1. The number of thiophene rings is 1. The fourth-order valence-corrected chi connectivity index (χ4v) is 3.51. The number of carbonyl (C=O) groups excluding carboxylic acids is 1. The van der Waals surface area contributed by atoms with Gasteiger partial charge in [-0.25, -0.2) is 4.79 Å². The summed E-state index contributed by atoms with van der Waals surface area (Å²) in [6.45, 7) is 2.22. The van der Waals surface area contributed by atoms with E-state index in [2.05, 4.69) is 0 Å². The van der Waals surface area contributed by atoms with Crippen LogP contribution in [0, 0.1) is 6.92 Å². The van der Waals surface area contributed by atoms with Gasteiger partial charge in [0.05, 0.1) is 5.56 Å². The largest absolute Gasteiger partial charge is 0.480 e. The number of hydrogen-bond acceptors (Lipinski definition) is 3. The van der Waals surface area contributed by atoms with Crippen LogP contribution in [-0.2, 0) is 17.8 Å². The van der Waals surface area contributed by atoms with E-state index in [1.165, 1.54) is 16.2 Å². The molecule has 0 unspecified atom stereocenters. The van der Waals surface area contributed by atoms with Gasteiger partial charge in [-0.15, -0.1) is 0 Å². The fourth-order valence-electron chi connectivity index (χ4n) is 2.69. The van der Waals surface area contributed by atoms with E-state index >= 15 is 0 Å². The predicted octanol–water partition coefficient (Wildman–Crippen LogP) is 2.71. The molecule has 2 aromatic rings. The van der Waals surface area contributed by atoms with Crippen LogP contribution in [0.25, 0.3) is 0 Å². The van der Waals surface area contributed by atoms with Crippen LogP contribution < -0.4 is 0 Å². The van der Waals surface area contributed by atoms with Crippen LogP contribution in [0.1, 0.15) is 27.0 Å². The van der Waals surface area contributed by atoms with Crippen molar-refractivity contribution in [3.8, 4) is 0 Å². The molecule has 3 rings (SSSR count). The van der Waals surface area contributed by atoms with Crippen LogP contribution in [0.5, 0.6) is 0 Å². The summed E-state index contributed by atoms with van der Waals surface area (Å²) in [6, 6.07) is 6.90. The molecule has 1 aliphatic heterocycles. The van der Waals surface area contributed by atoms with Crippen molar-refractivity contribution in [1.29, 1.82) is 0 Å². The van der Waals surface area contributed by atoms with E-state index in [0.717, 1.165) is 16.7 Å². The second-order valence-corrected chi connectivity index (χ2v) is 5.97. The Morgan fingerprint density at radius 2 is 1.95 bits per heavy atom. The van der Waals surface area contributed by atoms with Crippen LogP contribution in [0.3, 0.4) is 0 Å². The molecule has 0 spiro atoms. The summed E-state index contributed by atoms with van der Waals surface area (Å²) in [5, 5.41) is 13.2. The molecule has 0 bridgehead atoms.